The normalized spacial score (nSPS) is 18.6. The number of anilines is 1. The summed E-state index contributed by atoms with van der Waals surface area (Å²) in [5, 5.41) is 3.79. The molecule has 6 heteroatoms. The minimum atomic E-state index is 0. The molecule has 112 valence electrons. The Labute approximate surface area is 142 Å². The van der Waals surface area contributed by atoms with E-state index in [1.54, 1.807) is 7.11 Å². The molecule has 3 N–H and O–H groups in total. The van der Waals surface area contributed by atoms with E-state index in [0.29, 0.717) is 17.8 Å². The zero-order chi connectivity index (χ0) is 13.5. The first kappa shape index (κ1) is 17.6. The standard InChI is InChI=1S/C14H21N3OS.HI/c1-18-10-11-5-2-3-7-13(11)17-14(15)16-9-12-6-4-8-19-12;/h2-3,5,7,12H,4,6,8-10H2,1H3,(H3,15,16,17);1H. The number of nitrogens with two attached hydrogens (primary N) is 1. The number of para-hydroxylation sites is 1. The Bertz CT molecular complexity index is 436. The number of nitrogens with one attached hydrogen (secondary N) is 1. The molecule has 1 unspecified atom stereocenters. The van der Waals surface area contributed by atoms with Crippen LogP contribution in [0.2, 0.25) is 0 Å². The van der Waals surface area contributed by atoms with Gasteiger partial charge in [0.25, 0.3) is 0 Å². The fourth-order valence-electron chi connectivity index (χ4n) is 2.09. The molecule has 1 aliphatic rings. The van der Waals surface area contributed by atoms with Crippen LogP contribution >= 0.6 is 35.7 Å². The molecule has 1 aliphatic heterocycles. The van der Waals surface area contributed by atoms with E-state index in [2.05, 4.69) is 10.3 Å². The van der Waals surface area contributed by atoms with Crippen molar-refractivity contribution in [2.24, 2.45) is 10.7 Å². The number of methoxy groups -OCH3 is 1. The molecule has 0 radical (unpaired) electrons. The second-order valence-corrected chi connectivity index (χ2v) is 5.98. The van der Waals surface area contributed by atoms with Crippen LogP contribution in [0, 0.1) is 0 Å². The molecule has 0 aliphatic carbocycles. The highest BCUT2D eigenvalue weighted by Crippen LogP contribution is 2.26. The maximum absolute atomic E-state index is 5.94. The highest BCUT2D eigenvalue weighted by Gasteiger charge is 2.14. The van der Waals surface area contributed by atoms with Gasteiger partial charge in [-0.15, -0.1) is 24.0 Å². The lowest BCUT2D eigenvalue weighted by Gasteiger charge is -2.11. The van der Waals surface area contributed by atoms with Gasteiger partial charge >= 0.3 is 0 Å². The maximum atomic E-state index is 5.94. The van der Waals surface area contributed by atoms with Gasteiger partial charge in [-0.1, -0.05) is 18.2 Å². The highest BCUT2D eigenvalue weighted by molar-refractivity contribution is 14.0. The molecule has 0 saturated carbocycles. The Morgan fingerprint density at radius 3 is 3.00 bits per heavy atom. The predicted molar refractivity (Wildman–Crippen MR) is 98.2 cm³/mol. The maximum Gasteiger partial charge on any atom is 0.193 e. The summed E-state index contributed by atoms with van der Waals surface area (Å²) in [6.07, 6.45) is 2.55. The fraction of sp³-hybridized carbons (Fsp3) is 0.500. The number of hydrogen-bond donors (Lipinski definition) is 2. The number of nitrogens with zero attached hydrogens (tertiary/aromatic N) is 1. The first-order valence-electron chi connectivity index (χ1n) is 6.55. The van der Waals surface area contributed by atoms with E-state index in [0.717, 1.165) is 17.8 Å². The number of guanidine groups is 1. The van der Waals surface area contributed by atoms with Crippen molar-refractivity contribution in [3.8, 4) is 0 Å². The van der Waals surface area contributed by atoms with Crippen LogP contribution in [0.25, 0.3) is 0 Å². The quantitative estimate of drug-likeness (QED) is 0.448. The number of halogens is 1. The zero-order valence-electron chi connectivity index (χ0n) is 11.7. The third-order valence-electron chi connectivity index (χ3n) is 3.07. The number of aliphatic imine (C=N–C) groups is 1. The third kappa shape index (κ3) is 5.49. The molecule has 1 aromatic rings. The molecule has 1 fully saturated rings. The molecule has 1 atom stereocenters. The second kappa shape index (κ2) is 9.46. The van der Waals surface area contributed by atoms with Crippen LogP contribution in [0.4, 0.5) is 5.69 Å². The first-order valence-corrected chi connectivity index (χ1v) is 7.60. The Morgan fingerprint density at radius 2 is 2.30 bits per heavy atom. The van der Waals surface area contributed by atoms with Gasteiger partial charge < -0.3 is 15.8 Å². The fourth-order valence-corrected chi connectivity index (χ4v) is 3.27. The molecule has 1 saturated heterocycles. The molecular weight excluding hydrogens is 385 g/mol. The van der Waals surface area contributed by atoms with Gasteiger partial charge in [-0.25, -0.2) is 0 Å². The monoisotopic (exact) mass is 407 g/mol. The molecule has 0 bridgehead atoms. The molecule has 0 amide bonds. The van der Waals surface area contributed by atoms with Gasteiger partial charge in [-0.05, 0) is 24.7 Å². The topological polar surface area (TPSA) is 59.6 Å². The van der Waals surface area contributed by atoms with E-state index >= 15 is 0 Å². The summed E-state index contributed by atoms with van der Waals surface area (Å²) >= 11 is 1.99. The Balaban J connectivity index is 0.00000200. The van der Waals surface area contributed by atoms with Gasteiger partial charge in [-0.3, -0.25) is 4.99 Å². The number of hydrogen-bond acceptors (Lipinski definition) is 3. The van der Waals surface area contributed by atoms with Crippen molar-refractivity contribution in [2.45, 2.75) is 24.7 Å². The van der Waals surface area contributed by atoms with Gasteiger partial charge in [-0.2, -0.15) is 11.8 Å². The lowest BCUT2D eigenvalue weighted by Crippen LogP contribution is -2.24. The average molecular weight is 407 g/mol. The summed E-state index contributed by atoms with van der Waals surface area (Å²) in [4.78, 5) is 4.42. The summed E-state index contributed by atoms with van der Waals surface area (Å²) in [7, 11) is 1.69. The summed E-state index contributed by atoms with van der Waals surface area (Å²) in [6, 6.07) is 7.97. The summed E-state index contributed by atoms with van der Waals surface area (Å²) in [6.45, 7) is 1.37. The third-order valence-corrected chi connectivity index (χ3v) is 4.45. The van der Waals surface area contributed by atoms with Crippen LogP contribution in [-0.4, -0.2) is 30.6 Å². The molecule has 2 rings (SSSR count). The van der Waals surface area contributed by atoms with Crippen LogP contribution in [0.15, 0.2) is 29.3 Å². The van der Waals surface area contributed by atoms with E-state index < -0.39 is 0 Å². The van der Waals surface area contributed by atoms with E-state index in [-0.39, 0.29) is 24.0 Å². The van der Waals surface area contributed by atoms with Crippen LogP contribution in [0.1, 0.15) is 18.4 Å². The molecule has 20 heavy (non-hydrogen) atoms. The van der Waals surface area contributed by atoms with Gasteiger partial charge in [0.2, 0.25) is 0 Å². The Hall–Kier alpha value is -0.470. The van der Waals surface area contributed by atoms with Crippen LogP contribution in [0.3, 0.4) is 0 Å². The largest absolute Gasteiger partial charge is 0.380 e. The van der Waals surface area contributed by atoms with E-state index in [1.165, 1.54) is 18.6 Å². The highest BCUT2D eigenvalue weighted by atomic mass is 127. The van der Waals surface area contributed by atoms with Gasteiger partial charge in [0.15, 0.2) is 5.96 Å². The smallest absolute Gasteiger partial charge is 0.193 e. The van der Waals surface area contributed by atoms with E-state index in [1.807, 2.05) is 36.0 Å². The van der Waals surface area contributed by atoms with Crippen molar-refractivity contribution >= 4 is 47.4 Å². The van der Waals surface area contributed by atoms with Crippen LogP contribution in [-0.2, 0) is 11.3 Å². The molecule has 0 spiro atoms. The van der Waals surface area contributed by atoms with E-state index in [4.69, 9.17) is 10.5 Å². The minimum absolute atomic E-state index is 0. The SMILES string of the molecule is COCc1ccccc1NC(N)=NCC1CCCS1.I. The van der Waals surface area contributed by atoms with Crippen molar-refractivity contribution in [1.29, 1.82) is 0 Å². The molecular formula is C14H22IN3OS. The second-order valence-electron chi connectivity index (χ2n) is 4.58. The minimum Gasteiger partial charge on any atom is -0.380 e. The summed E-state index contributed by atoms with van der Waals surface area (Å²) in [5.41, 5.74) is 7.98. The Kier molecular flexibility index (Phi) is 8.32. The molecule has 1 aromatic carbocycles. The summed E-state index contributed by atoms with van der Waals surface area (Å²) < 4.78 is 5.17. The van der Waals surface area contributed by atoms with Crippen molar-refractivity contribution in [2.75, 3.05) is 24.7 Å². The molecule has 0 aromatic heterocycles. The Morgan fingerprint density at radius 1 is 1.50 bits per heavy atom. The van der Waals surface area contributed by atoms with Crippen molar-refractivity contribution in [3.63, 3.8) is 0 Å². The van der Waals surface area contributed by atoms with Crippen LogP contribution < -0.4 is 11.1 Å². The predicted octanol–water partition coefficient (Wildman–Crippen LogP) is 3.07. The number of rotatable bonds is 5. The number of benzene rings is 1. The lowest BCUT2D eigenvalue weighted by molar-refractivity contribution is 0.185. The van der Waals surface area contributed by atoms with Crippen molar-refractivity contribution in [1.82, 2.24) is 0 Å². The first-order chi connectivity index (χ1) is 9.29. The van der Waals surface area contributed by atoms with Gasteiger partial charge in [0.1, 0.15) is 0 Å². The number of thioether (sulfide) groups is 1. The van der Waals surface area contributed by atoms with Crippen molar-refractivity contribution in [3.05, 3.63) is 29.8 Å². The zero-order valence-corrected chi connectivity index (χ0v) is 14.8. The van der Waals surface area contributed by atoms with Crippen LogP contribution in [0.5, 0.6) is 0 Å². The number of ether oxygens (including phenoxy) is 1. The average Bonchev–Trinajstić information content (AvgIpc) is 2.92. The lowest BCUT2D eigenvalue weighted by atomic mass is 10.2. The van der Waals surface area contributed by atoms with E-state index in [9.17, 15) is 0 Å². The van der Waals surface area contributed by atoms with Gasteiger partial charge in [0, 0.05) is 23.6 Å². The van der Waals surface area contributed by atoms with Crippen molar-refractivity contribution < 1.29 is 4.74 Å². The molecule has 4 nitrogen and oxygen atoms in total. The van der Waals surface area contributed by atoms with Gasteiger partial charge in [0.05, 0.1) is 13.2 Å². The summed E-state index contributed by atoms with van der Waals surface area (Å²) in [5.74, 6) is 1.74. The molecule has 1 heterocycles.